The van der Waals surface area contributed by atoms with Crippen LogP contribution in [0.4, 0.5) is 30.6 Å². The van der Waals surface area contributed by atoms with Gasteiger partial charge in [-0.15, -0.1) is 0 Å². The molecule has 0 bridgehead atoms. The summed E-state index contributed by atoms with van der Waals surface area (Å²) in [5.74, 6) is 0.145. The fourth-order valence-corrected chi connectivity index (χ4v) is 3.18. The average molecular weight is 378 g/mol. The molecule has 1 aliphatic rings. The molecule has 1 aliphatic carbocycles. The Morgan fingerprint density at radius 1 is 0.963 bits per heavy atom. The van der Waals surface area contributed by atoms with Crippen molar-refractivity contribution >= 4 is 17.5 Å². The van der Waals surface area contributed by atoms with Crippen LogP contribution in [0.15, 0.2) is 30.3 Å². The highest BCUT2D eigenvalue weighted by Gasteiger charge is 2.34. The highest BCUT2D eigenvalue weighted by Crippen LogP contribution is 2.31. The van der Waals surface area contributed by atoms with Crippen molar-refractivity contribution in [1.29, 1.82) is 0 Å². The molecule has 0 aliphatic heterocycles. The van der Waals surface area contributed by atoms with E-state index in [1.54, 1.807) is 0 Å². The maximum atomic E-state index is 13.2. The number of benzene rings is 1. The van der Waals surface area contributed by atoms with Gasteiger partial charge in [0.05, 0.1) is 0 Å². The molecule has 1 aromatic heterocycles. The lowest BCUT2D eigenvalue weighted by Gasteiger charge is -2.19. The van der Waals surface area contributed by atoms with Crippen molar-refractivity contribution < 1.29 is 13.2 Å². The molecule has 1 fully saturated rings. The molecular formula is C20H25F3N4. The maximum Gasteiger partial charge on any atom is 0.433 e. The molecule has 3 rings (SSSR count). The highest BCUT2D eigenvalue weighted by atomic mass is 19.4. The Labute approximate surface area is 157 Å². The number of hydrogen-bond acceptors (Lipinski definition) is 4. The second-order valence-electron chi connectivity index (χ2n) is 8.04. The van der Waals surface area contributed by atoms with E-state index in [-0.39, 0.29) is 23.2 Å². The lowest BCUT2D eigenvalue weighted by molar-refractivity contribution is -0.141. The smallest absolute Gasteiger partial charge is 0.351 e. The predicted molar refractivity (Wildman–Crippen MR) is 101 cm³/mol. The van der Waals surface area contributed by atoms with E-state index >= 15 is 0 Å². The third-order valence-electron chi connectivity index (χ3n) is 4.73. The Morgan fingerprint density at radius 3 is 2.15 bits per heavy atom. The first kappa shape index (κ1) is 19.5. The largest absolute Gasteiger partial charge is 0.433 e. The fraction of sp³-hybridized carbons (Fsp3) is 0.500. The van der Waals surface area contributed by atoms with Crippen LogP contribution in [-0.2, 0) is 11.6 Å². The second-order valence-corrected chi connectivity index (χ2v) is 8.04. The van der Waals surface area contributed by atoms with Crippen molar-refractivity contribution in [2.75, 3.05) is 10.6 Å². The molecule has 0 atom stereocenters. The van der Waals surface area contributed by atoms with Gasteiger partial charge < -0.3 is 10.6 Å². The second kappa shape index (κ2) is 7.37. The zero-order chi connectivity index (χ0) is 19.7. The summed E-state index contributed by atoms with van der Waals surface area (Å²) in [5.41, 5.74) is 0.888. The van der Waals surface area contributed by atoms with E-state index in [1.165, 1.54) is 0 Å². The average Bonchev–Trinajstić information content (AvgIpc) is 3.06. The number of nitrogens with one attached hydrogen (secondary N) is 2. The Hall–Kier alpha value is -2.31. The van der Waals surface area contributed by atoms with Crippen LogP contribution >= 0.6 is 0 Å². The van der Waals surface area contributed by atoms with Crippen LogP contribution in [0.1, 0.15) is 57.7 Å². The summed E-state index contributed by atoms with van der Waals surface area (Å²) in [5, 5.41) is 6.02. The summed E-state index contributed by atoms with van der Waals surface area (Å²) in [6.07, 6.45) is -0.529. The third kappa shape index (κ3) is 5.11. The molecule has 0 radical (unpaired) electrons. The first-order valence-electron chi connectivity index (χ1n) is 9.22. The van der Waals surface area contributed by atoms with Gasteiger partial charge in [0.15, 0.2) is 5.69 Å². The molecule has 1 heterocycles. The Balaban J connectivity index is 1.84. The summed E-state index contributed by atoms with van der Waals surface area (Å²) in [7, 11) is 0. The van der Waals surface area contributed by atoms with Gasteiger partial charge in [0, 0.05) is 17.8 Å². The number of nitrogens with zero attached hydrogens (tertiary/aromatic N) is 2. The molecule has 146 valence electrons. The first-order valence-corrected chi connectivity index (χ1v) is 9.22. The van der Waals surface area contributed by atoms with Crippen molar-refractivity contribution in [1.82, 2.24) is 9.97 Å². The van der Waals surface area contributed by atoms with Crippen molar-refractivity contribution in [3.63, 3.8) is 0 Å². The normalized spacial score (nSPS) is 15.8. The zero-order valence-electron chi connectivity index (χ0n) is 15.8. The van der Waals surface area contributed by atoms with Gasteiger partial charge in [-0.3, -0.25) is 0 Å². The maximum absolute atomic E-state index is 13.2. The lowest BCUT2D eigenvalue weighted by Crippen LogP contribution is -2.19. The molecule has 7 heteroatoms. The molecule has 1 saturated carbocycles. The minimum absolute atomic E-state index is 0.00920. The summed E-state index contributed by atoms with van der Waals surface area (Å²) < 4.78 is 39.7. The summed E-state index contributed by atoms with van der Waals surface area (Å²) in [6.45, 7) is 6.32. The fourth-order valence-electron chi connectivity index (χ4n) is 3.18. The Morgan fingerprint density at radius 2 is 1.59 bits per heavy atom. The highest BCUT2D eigenvalue weighted by molar-refractivity contribution is 5.58. The van der Waals surface area contributed by atoms with E-state index in [4.69, 9.17) is 0 Å². The van der Waals surface area contributed by atoms with Gasteiger partial charge >= 0.3 is 6.18 Å². The Kier molecular flexibility index (Phi) is 5.31. The van der Waals surface area contributed by atoms with Gasteiger partial charge in [0.25, 0.3) is 0 Å². The molecule has 2 aromatic rings. The van der Waals surface area contributed by atoms with E-state index in [9.17, 15) is 13.2 Å². The van der Waals surface area contributed by atoms with Crippen LogP contribution in [0.2, 0.25) is 0 Å². The summed E-state index contributed by atoms with van der Waals surface area (Å²) >= 11 is 0. The SMILES string of the molecule is CC(C)(C)c1ccc(Nc2cc(C(F)(F)F)nc(NC3CCCC3)n2)cc1. The van der Waals surface area contributed by atoms with Gasteiger partial charge in [0.2, 0.25) is 5.95 Å². The van der Waals surface area contributed by atoms with Crippen LogP contribution < -0.4 is 10.6 Å². The summed E-state index contributed by atoms with van der Waals surface area (Å²) in [6, 6.07) is 8.70. The molecule has 27 heavy (non-hydrogen) atoms. The molecule has 0 spiro atoms. The van der Waals surface area contributed by atoms with Crippen LogP contribution in [0.25, 0.3) is 0 Å². The minimum atomic E-state index is -4.53. The molecule has 0 unspecified atom stereocenters. The topological polar surface area (TPSA) is 49.8 Å². The van der Waals surface area contributed by atoms with E-state index < -0.39 is 11.9 Å². The first-order chi connectivity index (χ1) is 12.6. The van der Waals surface area contributed by atoms with Gasteiger partial charge in [0.1, 0.15) is 5.82 Å². The third-order valence-corrected chi connectivity index (χ3v) is 4.73. The van der Waals surface area contributed by atoms with Gasteiger partial charge in [-0.2, -0.15) is 18.2 Å². The van der Waals surface area contributed by atoms with E-state index in [0.717, 1.165) is 37.3 Å². The standard InChI is InChI=1S/C20H25F3N4/c1-19(2,3)13-8-10-15(11-9-13)24-17-12-16(20(21,22)23)26-18(27-17)25-14-6-4-5-7-14/h8-12,14H,4-7H2,1-3H3,(H2,24,25,26,27). The van der Waals surface area contributed by atoms with E-state index in [0.29, 0.717) is 5.69 Å². The number of halogens is 3. The number of aromatic nitrogens is 2. The molecular weight excluding hydrogens is 353 g/mol. The zero-order valence-corrected chi connectivity index (χ0v) is 15.8. The van der Waals surface area contributed by atoms with Crippen LogP contribution in [-0.4, -0.2) is 16.0 Å². The van der Waals surface area contributed by atoms with E-state index in [1.807, 2.05) is 24.3 Å². The monoisotopic (exact) mass is 378 g/mol. The van der Waals surface area contributed by atoms with Gasteiger partial charge in [-0.1, -0.05) is 45.7 Å². The van der Waals surface area contributed by atoms with Crippen LogP contribution in [0, 0.1) is 0 Å². The number of anilines is 3. The van der Waals surface area contributed by atoms with Crippen molar-refractivity contribution in [3.05, 3.63) is 41.6 Å². The van der Waals surface area contributed by atoms with Gasteiger partial charge in [-0.25, -0.2) is 4.98 Å². The molecule has 2 N–H and O–H groups in total. The van der Waals surface area contributed by atoms with Crippen LogP contribution in [0.3, 0.4) is 0 Å². The van der Waals surface area contributed by atoms with E-state index in [2.05, 4.69) is 41.4 Å². The van der Waals surface area contributed by atoms with Gasteiger partial charge in [-0.05, 0) is 36.0 Å². The molecule has 0 saturated heterocycles. The Bertz CT molecular complexity index is 773. The molecule has 1 aromatic carbocycles. The lowest BCUT2D eigenvalue weighted by atomic mass is 9.87. The molecule has 4 nitrogen and oxygen atoms in total. The minimum Gasteiger partial charge on any atom is -0.351 e. The quantitative estimate of drug-likeness (QED) is 0.696. The molecule has 0 amide bonds. The van der Waals surface area contributed by atoms with Crippen LogP contribution in [0.5, 0.6) is 0 Å². The van der Waals surface area contributed by atoms with Crippen molar-refractivity contribution in [3.8, 4) is 0 Å². The number of hydrogen-bond donors (Lipinski definition) is 2. The number of rotatable bonds is 4. The predicted octanol–water partition coefficient (Wildman–Crippen LogP) is 5.89. The van der Waals surface area contributed by atoms with Crippen molar-refractivity contribution in [2.45, 2.75) is 64.1 Å². The van der Waals surface area contributed by atoms with Crippen molar-refractivity contribution in [2.24, 2.45) is 0 Å². The number of alkyl halides is 3. The summed E-state index contributed by atoms with van der Waals surface area (Å²) in [4.78, 5) is 7.91.